The van der Waals surface area contributed by atoms with Gasteiger partial charge in [0.25, 0.3) is 0 Å². The van der Waals surface area contributed by atoms with E-state index in [1.165, 1.54) is 61.9 Å². The second-order valence-corrected chi connectivity index (χ2v) is 10.3. The summed E-state index contributed by atoms with van der Waals surface area (Å²) in [6.07, 6.45) is 18.1. The zero-order chi connectivity index (χ0) is 25.1. The molecule has 0 spiro atoms. The molecule has 0 radical (unpaired) electrons. The molecule has 8 rings (SSSR count). The quantitative estimate of drug-likeness (QED) is 0.426. The van der Waals surface area contributed by atoms with E-state index in [4.69, 9.17) is 0 Å². The Hall–Kier alpha value is -3.44. The lowest BCUT2D eigenvalue weighted by molar-refractivity contribution is 0.627. The highest BCUT2D eigenvalue weighted by atomic mass is 15.6. The fraction of sp³-hybridized carbons (Fsp3) is 0.667. The first-order chi connectivity index (χ1) is 17.4. The van der Waals surface area contributed by atoms with Crippen molar-refractivity contribution in [3.05, 3.63) is 48.1 Å². The molecular weight excluding hydrogens is 456 g/mol. The molecule has 0 amide bonds. The highest BCUT2D eigenvalue weighted by Crippen LogP contribution is 2.39. The molecule has 0 bridgehead atoms. The average molecular weight is 493 g/mol. The molecule has 4 aliphatic carbocycles. The average Bonchev–Trinajstić information content (AvgIpc) is 3.72. The number of imidazole rings is 1. The molecule has 0 N–H and O–H groups in total. The minimum Gasteiger partial charge on any atom is -0.340 e. The van der Waals surface area contributed by atoms with E-state index in [2.05, 4.69) is 47.0 Å². The fourth-order valence-electron chi connectivity index (χ4n) is 3.64. The van der Waals surface area contributed by atoms with Crippen LogP contribution in [0.3, 0.4) is 0 Å². The molecule has 4 aromatic rings. The van der Waals surface area contributed by atoms with Gasteiger partial charge in [0.05, 0.1) is 24.8 Å². The minimum atomic E-state index is 0.624. The van der Waals surface area contributed by atoms with Gasteiger partial charge in [-0.1, -0.05) is 5.21 Å². The molecule has 36 heavy (non-hydrogen) atoms. The van der Waals surface area contributed by atoms with Crippen LogP contribution in [-0.2, 0) is 28.2 Å². The molecule has 4 aliphatic rings. The molecule has 4 fully saturated rings. The van der Waals surface area contributed by atoms with Gasteiger partial charge in [-0.2, -0.15) is 9.90 Å². The maximum Gasteiger partial charge on any atom is 0.177 e. The first kappa shape index (κ1) is 24.3. The van der Waals surface area contributed by atoms with Gasteiger partial charge in [0.15, 0.2) is 11.6 Å². The van der Waals surface area contributed by atoms with E-state index >= 15 is 0 Å². The molecule has 192 valence electrons. The van der Waals surface area contributed by atoms with Gasteiger partial charge < -0.3 is 4.57 Å². The molecular formula is C24H36N12. The number of rotatable bonds is 4. The van der Waals surface area contributed by atoms with Crippen LogP contribution >= 0.6 is 0 Å². The highest BCUT2D eigenvalue weighted by Gasteiger charge is 2.28. The number of aryl methyl sites for hydroxylation is 4. The summed E-state index contributed by atoms with van der Waals surface area (Å²) < 4.78 is 5.52. The van der Waals surface area contributed by atoms with Gasteiger partial charge in [0.1, 0.15) is 6.33 Å². The standard InChI is InChI=1S/C7H10N2.2C6H9N3.C5H8N4/c1-9-4-7(8-5-9)6-2-3-6;1-9-4-7-6(8-9)5-2-3-5;1-9-4-6(7-8-9)5-2-3-5;1-9-7-5(6-8-9)4-2-3-4/h4-6H,2-3H2,1H3;2*4-5H,2-3H2,1H3;4H,2-3H2,1H3. The van der Waals surface area contributed by atoms with Crippen LogP contribution < -0.4 is 0 Å². The monoisotopic (exact) mass is 492 g/mol. The summed E-state index contributed by atoms with van der Waals surface area (Å²) in [6, 6.07) is 0. The summed E-state index contributed by atoms with van der Waals surface area (Å²) >= 11 is 0. The smallest absolute Gasteiger partial charge is 0.177 e. The van der Waals surface area contributed by atoms with E-state index in [1.807, 2.05) is 38.2 Å². The molecule has 0 aromatic carbocycles. The van der Waals surface area contributed by atoms with E-state index in [0.29, 0.717) is 11.8 Å². The lowest BCUT2D eigenvalue weighted by Gasteiger charge is -1.83. The zero-order valence-corrected chi connectivity index (χ0v) is 21.6. The van der Waals surface area contributed by atoms with Crippen LogP contribution in [0.4, 0.5) is 0 Å². The molecule has 0 unspecified atom stereocenters. The topological polar surface area (TPSA) is 123 Å². The Kier molecular flexibility index (Phi) is 7.19. The van der Waals surface area contributed by atoms with Crippen molar-refractivity contribution in [3.8, 4) is 0 Å². The number of nitrogens with zero attached hydrogens (tertiary/aromatic N) is 12. The van der Waals surface area contributed by atoms with E-state index in [0.717, 1.165) is 29.2 Å². The molecule has 4 saturated carbocycles. The lowest BCUT2D eigenvalue weighted by atomic mass is 10.3. The maximum absolute atomic E-state index is 4.24. The summed E-state index contributed by atoms with van der Waals surface area (Å²) in [7, 11) is 7.61. The predicted molar refractivity (Wildman–Crippen MR) is 132 cm³/mol. The Morgan fingerprint density at radius 2 is 1.22 bits per heavy atom. The van der Waals surface area contributed by atoms with Crippen molar-refractivity contribution in [1.82, 2.24) is 59.5 Å². The van der Waals surface area contributed by atoms with Crippen LogP contribution in [-0.4, -0.2) is 59.5 Å². The summed E-state index contributed by atoms with van der Waals surface area (Å²) in [4.78, 5) is 9.88. The van der Waals surface area contributed by atoms with Crippen LogP contribution in [0.25, 0.3) is 0 Å². The third-order valence-corrected chi connectivity index (χ3v) is 6.36. The summed E-state index contributed by atoms with van der Waals surface area (Å²) in [5, 5.41) is 23.7. The van der Waals surface area contributed by atoms with Crippen LogP contribution in [0.15, 0.2) is 25.0 Å². The first-order valence-electron chi connectivity index (χ1n) is 12.9. The van der Waals surface area contributed by atoms with Crippen molar-refractivity contribution in [3.63, 3.8) is 0 Å². The first-order valence-corrected chi connectivity index (χ1v) is 12.9. The SMILES string of the molecule is Cn1cc(C2CC2)nn1.Cn1cnc(C2CC2)c1.Cn1cnc(C2CC2)n1.Cn1nnc(C2CC2)n1. The van der Waals surface area contributed by atoms with E-state index in [9.17, 15) is 0 Å². The van der Waals surface area contributed by atoms with Gasteiger partial charge in [-0.3, -0.25) is 9.36 Å². The molecule has 12 nitrogen and oxygen atoms in total. The lowest BCUT2D eigenvalue weighted by Crippen LogP contribution is -1.92. The molecule has 0 saturated heterocycles. The summed E-state index contributed by atoms with van der Waals surface area (Å²) in [6.45, 7) is 0. The largest absolute Gasteiger partial charge is 0.340 e. The number of hydrogen-bond donors (Lipinski definition) is 0. The van der Waals surface area contributed by atoms with E-state index in [-0.39, 0.29) is 0 Å². The van der Waals surface area contributed by atoms with Crippen molar-refractivity contribution in [1.29, 1.82) is 0 Å². The third kappa shape index (κ3) is 7.28. The van der Waals surface area contributed by atoms with Gasteiger partial charge in [0.2, 0.25) is 0 Å². The molecule has 12 heteroatoms. The maximum atomic E-state index is 4.24. The molecule has 0 atom stereocenters. The zero-order valence-electron chi connectivity index (χ0n) is 21.6. The highest BCUT2D eigenvalue weighted by molar-refractivity contribution is 5.11. The van der Waals surface area contributed by atoms with Crippen LogP contribution in [0, 0.1) is 0 Å². The Balaban J connectivity index is 0.0000000988. The van der Waals surface area contributed by atoms with Crippen LogP contribution in [0.1, 0.15) is 98.1 Å². The Bertz CT molecular complexity index is 1040. The normalized spacial score (nSPS) is 18.3. The Labute approximate surface area is 211 Å². The van der Waals surface area contributed by atoms with Crippen molar-refractivity contribution in [2.75, 3.05) is 0 Å². The van der Waals surface area contributed by atoms with Crippen molar-refractivity contribution in [2.45, 2.75) is 75.0 Å². The van der Waals surface area contributed by atoms with E-state index in [1.54, 1.807) is 22.7 Å². The van der Waals surface area contributed by atoms with Gasteiger partial charge in [-0.05, 0) is 56.6 Å². The number of aromatic nitrogens is 12. The second kappa shape index (κ2) is 10.7. The van der Waals surface area contributed by atoms with Gasteiger partial charge >= 0.3 is 0 Å². The molecule has 4 heterocycles. The fourth-order valence-corrected chi connectivity index (χ4v) is 3.64. The van der Waals surface area contributed by atoms with Gasteiger partial charge in [-0.15, -0.1) is 15.3 Å². The minimum absolute atomic E-state index is 0.624. The Morgan fingerprint density at radius 1 is 0.583 bits per heavy atom. The van der Waals surface area contributed by atoms with Crippen LogP contribution in [0.5, 0.6) is 0 Å². The van der Waals surface area contributed by atoms with E-state index < -0.39 is 0 Å². The van der Waals surface area contributed by atoms with Crippen molar-refractivity contribution < 1.29 is 0 Å². The Morgan fingerprint density at radius 3 is 1.67 bits per heavy atom. The van der Waals surface area contributed by atoms with Gasteiger partial charge in [-0.25, -0.2) is 9.97 Å². The predicted octanol–water partition coefficient (Wildman–Crippen LogP) is 2.77. The van der Waals surface area contributed by atoms with Crippen LogP contribution in [0.2, 0.25) is 0 Å². The number of hydrogen-bond acceptors (Lipinski definition) is 8. The van der Waals surface area contributed by atoms with Crippen molar-refractivity contribution >= 4 is 0 Å². The number of tetrazole rings is 1. The molecule has 0 aliphatic heterocycles. The molecule has 4 aromatic heterocycles. The summed E-state index contributed by atoms with van der Waals surface area (Å²) in [5.41, 5.74) is 2.44. The summed E-state index contributed by atoms with van der Waals surface area (Å²) in [5.74, 6) is 4.78. The van der Waals surface area contributed by atoms with Gasteiger partial charge in [0, 0.05) is 57.2 Å². The second-order valence-electron chi connectivity index (χ2n) is 10.3. The third-order valence-electron chi connectivity index (χ3n) is 6.36. The van der Waals surface area contributed by atoms with Crippen molar-refractivity contribution in [2.24, 2.45) is 28.2 Å².